The summed E-state index contributed by atoms with van der Waals surface area (Å²) in [4.78, 5) is 43.3. The minimum Gasteiger partial charge on any atom is -0.497 e. The van der Waals surface area contributed by atoms with Crippen LogP contribution in [0.4, 0.5) is 0 Å². The number of hydrogen-bond donors (Lipinski definition) is 0. The van der Waals surface area contributed by atoms with Gasteiger partial charge in [0.05, 0.1) is 48.2 Å². The first-order chi connectivity index (χ1) is 16.9. The van der Waals surface area contributed by atoms with Crippen molar-refractivity contribution in [1.29, 1.82) is 0 Å². The molecule has 9 heteroatoms. The zero-order valence-electron chi connectivity index (χ0n) is 19.7. The molecule has 0 N–H and O–H groups in total. The van der Waals surface area contributed by atoms with Gasteiger partial charge in [0, 0.05) is 0 Å². The van der Waals surface area contributed by atoms with Crippen molar-refractivity contribution in [2.75, 3.05) is 20.8 Å². The highest BCUT2D eigenvalue weighted by Gasteiger charge is 2.33. The summed E-state index contributed by atoms with van der Waals surface area (Å²) in [5.41, 5.74) is 2.43. The van der Waals surface area contributed by atoms with E-state index < -0.39 is 18.0 Å². The smallest absolute Gasteiger partial charge is 0.338 e. The van der Waals surface area contributed by atoms with Crippen LogP contribution in [0, 0.1) is 0 Å². The Balaban J connectivity index is 1.87. The van der Waals surface area contributed by atoms with Crippen LogP contribution in [-0.4, -0.2) is 37.3 Å². The summed E-state index contributed by atoms with van der Waals surface area (Å²) >= 11 is 1.23. The molecule has 0 spiro atoms. The zero-order chi connectivity index (χ0) is 25.1. The number of rotatable bonds is 6. The van der Waals surface area contributed by atoms with Gasteiger partial charge in [-0.2, -0.15) is 0 Å². The third-order valence-corrected chi connectivity index (χ3v) is 6.56. The normalized spacial score (nSPS) is 15.3. The van der Waals surface area contributed by atoms with Crippen LogP contribution in [0.25, 0.3) is 6.08 Å². The Morgan fingerprint density at radius 1 is 1.06 bits per heavy atom. The fourth-order valence-corrected chi connectivity index (χ4v) is 4.92. The summed E-state index contributed by atoms with van der Waals surface area (Å²) in [5, 5.41) is 0. The maximum atomic E-state index is 13.6. The fraction of sp³-hybridized carbons (Fsp3) is 0.231. The third-order valence-electron chi connectivity index (χ3n) is 5.58. The first-order valence-corrected chi connectivity index (χ1v) is 11.7. The maximum absolute atomic E-state index is 13.6. The van der Waals surface area contributed by atoms with Crippen molar-refractivity contribution in [3.8, 4) is 5.75 Å². The van der Waals surface area contributed by atoms with Crippen molar-refractivity contribution >= 4 is 29.4 Å². The molecule has 1 aliphatic heterocycles. The molecule has 0 unspecified atom stereocenters. The summed E-state index contributed by atoms with van der Waals surface area (Å²) in [5.74, 6) is -0.283. The van der Waals surface area contributed by atoms with Crippen LogP contribution in [0.1, 0.15) is 41.4 Å². The number of ether oxygens (including phenoxy) is 3. The minimum atomic E-state index is -0.694. The van der Waals surface area contributed by atoms with Gasteiger partial charge in [0.15, 0.2) is 4.80 Å². The van der Waals surface area contributed by atoms with Crippen LogP contribution in [0.15, 0.2) is 69.6 Å². The van der Waals surface area contributed by atoms with Gasteiger partial charge < -0.3 is 14.2 Å². The molecule has 2 aromatic carbocycles. The number of esters is 2. The SMILES string of the molecule is CCOC(=O)C1=C(C)N=c2s/c(=C/c3ccc(C(=O)OC)cc3)c(=O)n2[C@@H]1c1ccc(OC)cc1. The van der Waals surface area contributed by atoms with E-state index >= 15 is 0 Å². The second-order valence-electron chi connectivity index (χ2n) is 7.69. The molecule has 4 rings (SSSR count). The minimum absolute atomic E-state index is 0.205. The van der Waals surface area contributed by atoms with Crippen LogP contribution in [0.3, 0.4) is 0 Å². The molecule has 1 aliphatic rings. The van der Waals surface area contributed by atoms with Crippen molar-refractivity contribution in [1.82, 2.24) is 4.57 Å². The lowest BCUT2D eigenvalue weighted by molar-refractivity contribution is -0.139. The molecular weight excluding hydrogens is 468 g/mol. The predicted molar refractivity (Wildman–Crippen MR) is 131 cm³/mol. The molecule has 180 valence electrons. The van der Waals surface area contributed by atoms with Gasteiger partial charge in [-0.15, -0.1) is 0 Å². The molecule has 0 saturated heterocycles. The molecule has 0 aliphatic carbocycles. The quantitative estimate of drug-likeness (QED) is 0.491. The summed E-state index contributed by atoms with van der Waals surface area (Å²) in [6.07, 6.45) is 1.74. The first-order valence-electron chi connectivity index (χ1n) is 10.9. The zero-order valence-corrected chi connectivity index (χ0v) is 20.5. The lowest BCUT2D eigenvalue weighted by Gasteiger charge is -2.24. The van der Waals surface area contributed by atoms with Gasteiger partial charge in [-0.05, 0) is 55.3 Å². The summed E-state index contributed by atoms with van der Waals surface area (Å²) in [6.45, 7) is 3.68. The van der Waals surface area contributed by atoms with Gasteiger partial charge in [-0.25, -0.2) is 14.6 Å². The number of aromatic nitrogens is 1. The third kappa shape index (κ3) is 4.67. The van der Waals surface area contributed by atoms with E-state index in [-0.39, 0.29) is 12.2 Å². The molecule has 0 bridgehead atoms. The van der Waals surface area contributed by atoms with Crippen LogP contribution < -0.4 is 19.6 Å². The number of methoxy groups -OCH3 is 2. The Morgan fingerprint density at radius 2 is 1.74 bits per heavy atom. The number of thiazole rings is 1. The molecule has 0 fully saturated rings. The molecule has 2 heterocycles. The van der Waals surface area contributed by atoms with Crippen molar-refractivity contribution in [2.45, 2.75) is 19.9 Å². The number of fused-ring (bicyclic) bond motifs is 1. The summed E-state index contributed by atoms with van der Waals surface area (Å²) in [7, 11) is 2.90. The fourth-order valence-electron chi connectivity index (χ4n) is 3.88. The lowest BCUT2D eigenvalue weighted by atomic mass is 9.96. The Kier molecular flexibility index (Phi) is 6.97. The van der Waals surface area contributed by atoms with Crippen molar-refractivity contribution in [3.05, 3.63) is 96.2 Å². The van der Waals surface area contributed by atoms with Crippen LogP contribution in [0.2, 0.25) is 0 Å². The van der Waals surface area contributed by atoms with Gasteiger partial charge in [-0.3, -0.25) is 9.36 Å². The Morgan fingerprint density at radius 3 is 2.34 bits per heavy atom. The molecule has 3 aromatic rings. The van der Waals surface area contributed by atoms with E-state index in [1.165, 1.54) is 23.0 Å². The van der Waals surface area contributed by atoms with Gasteiger partial charge in [0.2, 0.25) is 0 Å². The number of carbonyl (C=O) groups excluding carboxylic acids is 2. The van der Waals surface area contributed by atoms with E-state index in [9.17, 15) is 14.4 Å². The molecule has 1 atom stereocenters. The van der Waals surface area contributed by atoms with Gasteiger partial charge in [0.25, 0.3) is 5.56 Å². The largest absolute Gasteiger partial charge is 0.497 e. The molecule has 0 radical (unpaired) electrons. The molecular formula is C26H24N2O6S. The average molecular weight is 493 g/mol. The van der Waals surface area contributed by atoms with Gasteiger partial charge >= 0.3 is 11.9 Å². The van der Waals surface area contributed by atoms with E-state index in [4.69, 9.17) is 14.2 Å². The van der Waals surface area contributed by atoms with Crippen molar-refractivity contribution in [2.24, 2.45) is 4.99 Å². The van der Waals surface area contributed by atoms with Gasteiger partial charge in [0.1, 0.15) is 5.75 Å². The number of benzene rings is 2. The Hall–Kier alpha value is -3.98. The second kappa shape index (κ2) is 10.1. The van der Waals surface area contributed by atoms with Crippen LogP contribution in [0.5, 0.6) is 5.75 Å². The second-order valence-corrected chi connectivity index (χ2v) is 8.70. The topological polar surface area (TPSA) is 96.2 Å². The summed E-state index contributed by atoms with van der Waals surface area (Å²) < 4.78 is 17.3. The standard InChI is InChI=1S/C26H24N2O6S/c1-5-34-25(31)21-15(2)27-26-28(22(21)17-10-12-19(32-3)13-11-17)23(29)20(35-26)14-16-6-8-18(9-7-16)24(30)33-4/h6-14,22H,5H2,1-4H3/b20-14+/t22-/m1/s1. The number of allylic oxidation sites excluding steroid dienone is 1. The first kappa shape index (κ1) is 24.2. The van der Waals surface area contributed by atoms with E-state index in [0.717, 1.165) is 11.1 Å². The van der Waals surface area contributed by atoms with E-state index in [1.807, 2.05) is 12.1 Å². The number of carbonyl (C=O) groups is 2. The van der Waals surface area contributed by atoms with Crippen molar-refractivity contribution in [3.63, 3.8) is 0 Å². The molecule has 8 nitrogen and oxygen atoms in total. The highest BCUT2D eigenvalue weighted by Crippen LogP contribution is 2.31. The molecule has 0 amide bonds. The molecule has 35 heavy (non-hydrogen) atoms. The highest BCUT2D eigenvalue weighted by atomic mass is 32.1. The highest BCUT2D eigenvalue weighted by molar-refractivity contribution is 7.07. The monoisotopic (exact) mass is 492 g/mol. The van der Waals surface area contributed by atoms with Gasteiger partial charge in [-0.1, -0.05) is 35.6 Å². The lowest BCUT2D eigenvalue weighted by Crippen LogP contribution is -2.39. The number of hydrogen-bond acceptors (Lipinski definition) is 8. The van der Waals surface area contributed by atoms with Crippen molar-refractivity contribution < 1.29 is 23.8 Å². The van der Waals surface area contributed by atoms with E-state index in [2.05, 4.69) is 4.99 Å². The predicted octanol–water partition coefficient (Wildman–Crippen LogP) is 2.59. The number of nitrogens with zero attached hydrogens (tertiary/aromatic N) is 2. The van der Waals surface area contributed by atoms with E-state index in [0.29, 0.717) is 31.9 Å². The molecule has 0 saturated carbocycles. The summed E-state index contributed by atoms with van der Waals surface area (Å²) in [6, 6.07) is 13.3. The Bertz CT molecular complexity index is 1480. The van der Waals surface area contributed by atoms with Crippen LogP contribution in [-0.2, 0) is 14.3 Å². The van der Waals surface area contributed by atoms with E-state index in [1.54, 1.807) is 63.4 Å². The van der Waals surface area contributed by atoms with Crippen LogP contribution >= 0.6 is 11.3 Å². The molecule has 1 aromatic heterocycles. The maximum Gasteiger partial charge on any atom is 0.338 e. The Labute approximate surface area is 205 Å². The average Bonchev–Trinajstić information content (AvgIpc) is 3.17.